The normalized spacial score (nSPS) is 25.9. The van der Waals surface area contributed by atoms with Crippen LogP contribution in [0.1, 0.15) is 60.1 Å². The Bertz CT molecular complexity index is 970. The quantitative estimate of drug-likeness (QED) is 0.815. The lowest BCUT2D eigenvalue weighted by Gasteiger charge is -2.41. The Morgan fingerprint density at radius 1 is 1.34 bits per heavy atom. The third-order valence-electron chi connectivity index (χ3n) is 5.29. The van der Waals surface area contributed by atoms with Crippen LogP contribution in [0.3, 0.4) is 0 Å². The molecule has 1 saturated carbocycles. The lowest BCUT2D eigenvalue weighted by molar-refractivity contribution is 0.0154. The molecular weight excluding hydrogens is 377 g/mol. The molecule has 2 aromatic rings. The predicted molar refractivity (Wildman–Crippen MR) is 106 cm³/mol. The summed E-state index contributed by atoms with van der Waals surface area (Å²) < 4.78 is 33.8. The van der Waals surface area contributed by atoms with E-state index in [9.17, 15) is 4.79 Å². The number of hydrogen-bond donors (Lipinski definition) is 1. The van der Waals surface area contributed by atoms with Gasteiger partial charge in [0.25, 0.3) is 0 Å². The molecule has 158 valence electrons. The zero-order valence-corrected chi connectivity index (χ0v) is 17.8. The minimum atomic E-state index is -0.678. The average Bonchev–Trinajstić information content (AvgIpc) is 3.19. The van der Waals surface area contributed by atoms with E-state index >= 15 is 4.39 Å². The Morgan fingerprint density at radius 3 is 2.59 bits per heavy atom. The highest BCUT2D eigenvalue weighted by Crippen LogP contribution is 2.58. The van der Waals surface area contributed by atoms with Crippen LogP contribution >= 0.6 is 0 Å². The zero-order chi connectivity index (χ0) is 21.2. The molecule has 7 nitrogen and oxygen atoms in total. The second-order valence-corrected chi connectivity index (χ2v) is 9.71. The number of carbonyl (C=O) groups excluding carboxylic acids is 1. The van der Waals surface area contributed by atoms with Gasteiger partial charge in [0.05, 0.1) is 24.0 Å². The van der Waals surface area contributed by atoms with Gasteiger partial charge < -0.3 is 18.6 Å². The Labute approximate surface area is 169 Å². The number of rotatable bonds is 4. The predicted octanol–water partition coefficient (Wildman–Crippen LogP) is 4.43. The van der Waals surface area contributed by atoms with Crippen LogP contribution in [0.25, 0.3) is 5.65 Å². The van der Waals surface area contributed by atoms with Gasteiger partial charge >= 0.3 is 6.09 Å². The first kappa shape index (κ1) is 19.9. The maximum Gasteiger partial charge on any atom is 0.412 e. The smallest absolute Gasteiger partial charge is 0.412 e. The fraction of sp³-hybridized carbons (Fsp3) is 0.619. The molecule has 3 aliphatic rings. The summed E-state index contributed by atoms with van der Waals surface area (Å²) in [7, 11) is 0. The van der Waals surface area contributed by atoms with Crippen LogP contribution in [0.15, 0.2) is 12.4 Å². The summed E-state index contributed by atoms with van der Waals surface area (Å²) in [6.45, 7) is 11.6. The highest BCUT2D eigenvalue weighted by molar-refractivity contribution is 5.87. The van der Waals surface area contributed by atoms with E-state index < -0.39 is 17.5 Å². The van der Waals surface area contributed by atoms with Crippen LogP contribution in [-0.4, -0.2) is 39.4 Å². The van der Waals surface area contributed by atoms with E-state index in [-0.39, 0.29) is 34.2 Å². The topological polar surface area (TPSA) is 74.1 Å². The molecule has 3 fully saturated rings. The van der Waals surface area contributed by atoms with E-state index in [0.29, 0.717) is 6.61 Å². The van der Waals surface area contributed by atoms with Crippen LogP contribution < -0.4 is 10.1 Å². The largest absolute Gasteiger partial charge is 0.486 e. The second-order valence-electron chi connectivity index (χ2n) is 9.71. The van der Waals surface area contributed by atoms with Gasteiger partial charge in [0.1, 0.15) is 11.3 Å². The zero-order valence-electron chi connectivity index (χ0n) is 17.8. The Balaban J connectivity index is 1.73. The molecule has 2 bridgehead atoms. The van der Waals surface area contributed by atoms with Crippen molar-refractivity contribution < 1.29 is 23.4 Å². The molecule has 0 radical (unpaired) electrons. The lowest BCUT2D eigenvalue weighted by atomic mass is 9.62. The van der Waals surface area contributed by atoms with Crippen LogP contribution in [0.2, 0.25) is 0 Å². The number of nitrogens with zero attached hydrogens (tertiary/aromatic N) is 2. The van der Waals surface area contributed by atoms with Gasteiger partial charge in [-0.15, -0.1) is 0 Å². The molecule has 2 aliphatic heterocycles. The van der Waals surface area contributed by atoms with Gasteiger partial charge in [-0.25, -0.2) is 9.78 Å². The van der Waals surface area contributed by atoms with Crippen molar-refractivity contribution in [1.82, 2.24) is 9.38 Å². The standard InChI is InChI=1S/C21H28FN3O4/c1-12(2)28-16-13(23-18(26)29-19(3,4)5)7-25-8-14(24-17(25)15(16)22)21-9-20(6,10-21)27-11-21/h7-8,12H,9-11H2,1-6H3,(H,23,26). The molecule has 2 aromatic heterocycles. The van der Waals surface area contributed by atoms with E-state index in [1.165, 1.54) is 0 Å². The van der Waals surface area contributed by atoms with Gasteiger partial charge in [-0.1, -0.05) is 0 Å². The van der Waals surface area contributed by atoms with Gasteiger partial charge in [-0.05, 0) is 54.4 Å². The van der Waals surface area contributed by atoms with Crippen LogP contribution in [0.4, 0.5) is 14.9 Å². The number of imidazole rings is 1. The number of hydrogen-bond acceptors (Lipinski definition) is 5. The number of fused-ring (bicyclic) bond motifs is 2. The van der Waals surface area contributed by atoms with Crippen molar-refractivity contribution in [3.05, 3.63) is 23.9 Å². The second kappa shape index (κ2) is 6.32. The van der Waals surface area contributed by atoms with E-state index in [2.05, 4.69) is 17.2 Å². The fourth-order valence-electron chi connectivity index (χ4n) is 4.33. The molecule has 1 aliphatic carbocycles. The first-order valence-corrected chi connectivity index (χ1v) is 9.92. The fourth-order valence-corrected chi connectivity index (χ4v) is 4.33. The molecule has 2 saturated heterocycles. The van der Waals surface area contributed by atoms with Gasteiger partial charge in [0, 0.05) is 17.8 Å². The summed E-state index contributed by atoms with van der Waals surface area (Å²) in [4.78, 5) is 16.8. The molecule has 4 heterocycles. The van der Waals surface area contributed by atoms with E-state index in [4.69, 9.17) is 14.2 Å². The van der Waals surface area contributed by atoms with Crippen LogP contribution in [-0.2, 0) is 14.9 Å². The van der Waals surface area contributed by atoms with E-state index in [1.54, 1.807) is 45.2 Å². The lowest BCUT2D eigenvalue weighted by Crippen LogP contribution is -2.45. The summed E-state index contributed by atoms with van der Waals surface area (Å²) in [6.07, 6.45) is 4.22. The monoisotopic (exact) mass is 405 g/mol. The number of halogens is 1. The molecule has 0 atom stereocenters. The van der Waals surface area contributed by atoms with Crippen LogP contribution in [0, 0.1) is 5.82 Å². The molecule has 29 heavy (non-hydrogen) atoms. The average molecular weight is 405 g/mol. The van der Waals surface area contributed by atoms with Gasteiger partial charge in [0.2, 0.25) is 5.82 Å². The molecular formula is C21H28FN3O4. The maximum absolute atomic E-state index is 15.4. The third kappa shape index (κ3) is 3.54. The summed E-state index contributed by atoms with van der Waals surface area (Å²) in [5.74, 6) is -0.662. The maximum atomic E-state index is 15.4. The summed E-state index contributed by atoms with van der Waals surface area (Å²) >= 11 is 0. The van der Waals surface area contributed by atoms with E-state index in [1.807, 2.05) is 6.20 Å². The highest BCUT2D eigenvalue weighted by atomic mass is 19.1. The number of ether oxygens (including phenoxy) is 3. The van der Waals surface area contributed by atoms with Gasteiger partial charge in [-0.2, -0.15) is 4.39 Å². The van der Waals surface area contributed by atoms with Crippen molar-refractivity contribution in [3.8, 4) is 5.75 Å². The minimum Gasteiger partial charge on any atom is -0.486 e. The van der Waals surface area contributed by atoms with Crippen molar-refractivity contribution in [1.29, 1.82) is 0 Å². The van der Waals surface area contributed by atoms with Gasteiger partial charge in [0.15, 0.2) is 11.4 Å². The first-order valence-electron chi connectivity index (χ1n) is 9.92. The number of pyridine rings is 1. The molecule has 0 aromatic carbocycles. The Hall–Kier alpha value is -2.35. The summed E-state index contributed by atoms with van der Waals surface area (Å²) in [6, 6.07) is 0. The molecule has 1 amide bonds. The third-order valence-corrected chi connectivity index (χ3v) is 5.29. The molecule has 1 N–H and O–H groups in total. The van der Waals surface area contributed by atoms with E-state index in [0.717, 1.165) is 18.5 Å². The molecule has 5 rings (SSSR count). The Kier molecular flexibility index (Phi) is 4.35. The number of amides is 1. The van der Waals surface area contributed by atoms with Gasteiger partial charge in [-0.3, -0.25) is 5.32 Å². The number of nitrogens with one attached hydrogen (secondary N) is 1. The summed E-state index contributed by atoms with van der Waals surface area (Å²) in [5, 5.41) is 2.61. The highest BCUT2D eigenvalue weighted by Gasteiger charge is 2.61. The number of carbonyl (C=O) groups is 1. The first-order chi connectivity index (χ1) is 13.4. The summed E-state index contributed by atoms with van der Waals surface area (Å²) in [5.41, 5.74) is 0.235. The van der Waals surface area contributed by atoms with Crippen molar-refractivity contribution >= 4 is 17.4 Å². The SMILES string of the molecule is CC(C)Oc1c(NC(=O)OC(C)(C)C)cn2cc(C34COC(C)(C3)C4)nc2c1F. The molecule has 8 heteroatoms. The van der Waals surface area contributed by atoms with Crippen LogP contribution in [0.5, 0.6) is 5.75 Å². The van der Waals surface area contributed by atoms with Crippen molar-refractivity contribution in [2.45, 2.75) is 77.1 Å². The minimum absolute atomic E-state index is 0.0471. The molecule has 0 spiro atoms. The van der Waals surface area contributed by atoms with Crippen molar-refractivity contribution in [3.63, 3.8) is 0 Å². The molecule has 0 unspecified atom stereocenters. The van der Waals surface area contributed by atoms with Crippen molar-refractivity contribution in [2.24, 2.45) is 0 Å². The van der Waals surface area contributed by atoms with Crippen molar-refractivity contribution in [2.75, 3.05) is 11.9 Å². The Morgan fingerprint density at radius 2 is 2.03 bits per heavy atom. The number of aromatic nitrogens is 2. The number of anilines is 1.